The van der Waals surface area contributed by atoms with Crippen molar-refractivity contribution in [2.45, 2.75) is 12.5 Å². The molecule has 56 valence electrons. The van der Waals surface area contributed by atoms with Crippen LogP contribution < -0.4 is 0 Å². The topological polar surface area (TPSA) is 35.3 Å². The Morgan fingerprint density at radius 2 is 2.60 bits per heavy atom. The molecule has 0 amide bonds. The van der Waals surface area contributed by atoms with Crippen molar-refractivity contribution in [2.75, 3.05) is 7.11 Å². The second-order valence-electron chi connectivity index (χ2n) is 1.79. The summed E-state index contributed by atoms with van der Waals surface area (Å²) in [6.45, 7) is 0.448. The summed E-state index contributed by atoms with van der Waals surface area (Å²) >= 11 is 5.44. The van der Waals surface area contributed by atoms with Crippen LogP contribution in [0, 0.1) is 0 Å². The normalized spacial score (nSPS) is 10.2. The molecule has 1 aromatic heterocycles. The Morgan fingerprint density at radius 1 is 1.80 bits per heavy atom. The molecule has 1 rings (SSSR count). The van der Waals surface area contributed by atoms with Gasteiger partial charge in [0.1, 0.15) is 12.4 Å². The van der Waals surface area contributed by atoms with E-state index in [1.54, 1.807) is 13.3 Å². The zero-order valence-corrected chi connectivity index (χ0v) is 6.39. The van der Waals surface area contributed by atoms with Crippen molar-refractivity contribution in [1.82, 2.24) is 4.98 Å². The van der Waals surface area contributed by atoms with Gasteiger partial charge in [0.05, 0.1) is 12.1 Å². The Kier molecular flexibility index (Phi) is 2.71. The summed E-state index contributed by atoms with van der Waals surface area (Å²) in [7, 11) is 1.60. The largest absolute Gasteiger partial charge is 0.442 e. The van der Waals surface area contributed by atoms with E-state index >= 15 is 0 Å². The van der Waals surface area contributed by atoms with E-state index in [0.717, 1.165) is 0 Å². The van der Waals surface area contributed by atoms with E-state index in [1.165, 1.54) is 0 Å². The summed E-state index contributed by atoms with van der Waals surface area (Å²) in [6.07, 6.45) is 1.61. The van der Waals surface area contributed by atoms with Crippen molar-refractivity contribution in [3.05, 3.63) is 17.8 Å². The van der Waals surface area contributed by atoms with Crippen LogP contribution in [0.1, 0.15) is 11.7 Å². The van der Waals surface area contributed by atoms with Crippen molar-refractivity contribution in [2.24, 2.45) is 0 Å². The summed E-state index contributed by atoms with van der Waals surface area (Å²) in [5.41, 5.74) is 0. The molecule has 0 N–H and O–H groups in total. The molecule has 3 nitrogen and oxygen atoms in total. The highest BCUT2D eigenvalue weighted by molar-refractivity contribution is 6.16. The Balaban J connectivity index is 2.59. The van der Waals surface area contributed by atoms with Gasteiger partial charge >= 0.3 is 0 Å². The van der Waals surface area contributed by atoms with Gasteiger partial charge in [-0.25, -0.2) is 4.98 Å². The van der Waals surface area contributed by atoms with Crippen molar-refractivity contribution in [1.29, 1.82) is 0 Å². The Labute approximate surface area is 64.0 Å². The van der Waals surface area contributed by atoms with Gasteiger partial charge in [0, 0.05) is 7.11 Å². The van der Waals surface area contributed by atoms with Crippen LogP contribution in [-0.4, -0.2) is 12.1 Å². The molecule has 0 saturated heterocycles. The number of ether oxygens (including phenoxy) is 1. The zero-order valence-electron chi connectivity index (χ0n) is 5.63. The highest BCUT2D eigenvalue weighted by atomic mass is 35.5. The van der Waals surface area contributed by atoms with Crippen molar-refractivity contribution >= 4 is 11.6 Å². The van der Waals surface area contributed by atoms with Crippen LogP contribution in [0.15, 0.2) is 10.6 Å². The van der Waals surface area contributed by atoms with Gasteiger partial charge in [-0.3, -0.25) is 0 Å². The van der Waals surface area contributed by atoms with Crippen LogP contribution >= 0.6 is 11.6 Å². The zero-order chi connectivity index (χ0) is 7.40. The van der Waals surface area contributed by atoms with Crippen molar-refractivity contribution in [3.63, 3.8) is 0 Å². The standard InChI is InChI=1S/C6H8ClNO2/c1-9-4-5-3-8-6(2-7)10-5/h3H,2,4H2,1H3. The molecule has 0 aromatic carbocycles. The predicted octanol–water partition coefficient (Wildman–Crippen LogP) is 1.56. The SMILES string of the molecule is COCc1cnc(CCl)o1. The van der Waals surface area contributed by atoms with E-state index in [9.17, 15) is 0 Å². The van der Waals surface area contributed by atoms with Gasteiger partial charge in [0.25, 0.3) is 0 Å². The van der Waals surface area contributed by atoms with E-state index in [0.29, 0.717) is 24.1 Å². The number of hydrogen-bond acceptors (Lipinski definition) is 3. The minimum Gasteiger partial charge on any atom is -0.442 e. The van der Waals surface area contributed by atoms with E-state index in [2.05, 4.69) is 4.98 Å². The van der Waals surface area contributed by atoms with Gasteiger partial charge < -0.3 is 9.15 Å². The molecule has 0 unspecified atom stereocenters. The third-order valence-corrected chi connectivity index (χ3v) is 1.23. The van der Waals surface area contributed by atoms with Crippen LogP contribution in [0.5, 0.6) is 0 Å². The van der Waals surface area contributed by atoms with Gasteiger partial charge in [-0.15, -0.1) is 11.6 Å². The molecule has 1 heterocycles. The van der Waals surface area contributed by atoms with Gasteiger partial charge in [-0.1, -0.05) is 0 Å². The van der Waals surface area contributed by atoms with E-state index in [-0.39, 0.29) is 0 Å². The van der Waals surface area contributed by atoms with Gasteiger partial charge in [0.15, 0.2) is 0 Å². The highest BCUT2D eigenvalue weighted by Crippen LogP contribution is 2.06. The molecule has 0 aliphatic heterocycles. The number of methoxy groups -OCH3 is 1. The molecule has 0 atom stereocenters. The molecule has 0 aliphatic rings. The van der Waals surface area contributed by atoms with Gasteiger partial charge in [0.2, 0.25) is 5.89 Å². The maximum Gasteiger partial charge on any atom is 0.209 e. The molecule has 0 aliphatic carbocycles. The number of halogens is 1. The first-order chi connectivity index (χ1) is 4.86. The molecule has 4 heteroatoms. The number of aromatic nitrogens is 1. The number of alkyl halides is 1. The summed E-state index contributed by atoms with van der Waals surface area (Å²) in [4.78, 5) is 3.87. The molecule has 0 fully saturated rings. The fourth-order valence-electron chi connectivity index (χ4n) is 0.619. The molecule has 0 radical (unpaired) electrons. The van der Waals surface area contributed by atoms with Crippen LogP contribution in [0.4, 0.5) is 0 Å². The van der Waals surface area contributed by atoms with E-state index in [4.69, 9.17) is 20.8 Å². The number of rotatable bonds is 3. The second-order valence-corrected chi connectivity index (χ2v) is 2.05. The molecule has 0 spiro atoms. The molecule has 10 heavy (non-hydrogen) atoms. The fraction of sp³-hybridized carbons (Fsp3) is 0.500. The van der Waals surface area contributed by atoms with E-state index in [1.807, 2.05) is 0 Å². The molecule has 0 saturated carbocycles. The lowest BCUT2D eigenvalue weighted by Gasteiger charge is -1.89. The van der Waals surface area contributed by atoms with E-state index < -0.39 is 0 Å². The highest BCUT2D eigenvalue weighted by Gasteiger charge is 2.00. The quantitative estimate of drug-likeness (QED) is 0.632. The maximum absolute atomic E-state index is 5.44. The first-order valence-electron chi connectivity index (χ1n) is 2.85. The average Bonchev–Trinajstić information content (AvgIpc) is 2.37. The Hall–Kier alpha value is -0.540. The van der Waals surface area contributed by atoms with Gasteiger partial charge in [-0.05, 0) is 0 Å². The van der Waals surface area contributed by atoms with Crippen molar-refractivity contribution < 1.29 is 9.15 Å². The average molecular weight is 162 g/mol. The first-order valence-corrected chi connectivity index (χ1v) is 3.38. The third kappa shape index (κ3) is 1.72. The predicted molar refractivity (Wildman–Crippen MR) is 36.8 cm³/mol. The molecular formula is C6H8ClNO2. The van der Waals surface area contributed by atoms with Crippen LogP contribution in [0.2, 0.25) is 0 Å². The summed E-state index contributed by atoms with van der Waals surface area (Å²) < 4.78 is 9.91. The van der Waals surface area contributed by atoms with Crippen LogP contribution in [-0.2, 0) is 17.2 Å². The summed E-state index contributed by atoms with van der Waals surface area (Å²) in [6, 6.07) is 0. The summed E-state index contributed by atoms with van der Waals surface area (Å²) in [5.74, 6) is 1.55. The Morgan fingerprint density at radius 3 is 3.10 bits per heavy atom. The van der Waals surface area contributed by atoms with Crippen LogP contribution in [0.3, 0.4) is 0 Å². The number of nitrogens with zero attached hydrogens (tertiary/aromatic N) is 1. The second kappa shape index (κ2) is 3.58. The smallest absolute Gasteiger partial charge is 0.209 e. The third-order valence-electron chi connectivity index (χ3n) is 1.00. The molecule has 1 aromatic rings. The monoisotopic (exact) mass is 161 g/mol. The molecular weight excluding hydrogens is 154 g/mol. The van der Waals surface area contributed by atoms with Gasteiger partial charge in [-0.2, -0.15) is 0 Å². The number of oxazole rings is 1. The lowest BCUT2D eigenvalue weighted by atomic mass is 10.6. The Bertz CT molecular complexity index is 199. The number of hydrogen-bond donors (Lipinski definition) is 0. The maximum atomic E-state index is 5.44. The summed E-state index contributed by atoms with van der Waals surface area (Å²) in [5, 5.41) is 0. The molecule has 0 bridgehead atoms. The minimum atomic E-state index is 0.309. The van der Waals surface area contributed by atoms with Crippen LogP contribution in [0.25, 0.3) is 0 Å². The lowest BCUT2D eigenvalue weighted by Crippen LogP contribution is -1.81. The van der Waals surface area contributed by atoms with Crippen molar-refractivity contribution in [3.8, 4) is 0 Å². The lowest BCUT2D eigenvalue weighted by molar-refractivity contribution is 0.163. The minimum absolute atomic E-state index is 0.309. The first kappa shape index (κ1) is 7.57. The fourth-order valence-corrected chi connectivity index (χ4v) is 0.742.